The first kappa shape index (κ1) is 12.9. The van der Waals surface area contributed by atoms with Crippen molar-refractivity contribution in [3.05, 3.63) is 39.5 Å². The second kappa shape index (κ2) is 4.63. The van der Waals surface area contributed by atoms with Gasteiger partial charge in [-0.3, -0.25) is 4.79 Å². The average molecular weight is 285 g/mol. The molecule has 0 radical (unpaired) electrons. The fourth-order valence-corrected chi connectivity index (χ4v) is 2.02. The normalized spacial score (nSPS) is 10.7. The second-order valence-electron chi connectivity index (χ2n) is 3.85. The van der Waals surface area contributed by atoms with E-state index in [0.29, 0.717) is 21.4 Å². The number of rotatable bonds is 2. The SMILES string of the molecule is CC(=O)c1c(C)nn(-c2ccc(Cl)c(Cl)c2)c1O. The lowest BCUT2D eigenvalue weighted by molar-refractivity contribution is 0.101. The highest BCUT2D eigenvalue weighted by Gasteiger charge is 2.19. The summed E-state index contributed by atoms with van der Waals surface area (Å²) in [5.74, 6) is -0.435. The van der Waals surface area contributed by atoms with Crippen LogP contribution in [0.2, 0.25) is 10.0 Å². The Morgan fingerprint density at radius 1 is 1.33 bits per heavy atom. The van der Waals surface area contributed by atoms with Gasteiger partial charge in [0.25, 0.3) is 0 Å². The fourth-order valence-electron chi connectivity index (χ4n) is 1.72. The van der Waals surface area contributed by atoms with Crippen molar-refractivity contribution in [2.75, 3.05) is 0 Å². The molecule has 2 aromatic rings. The van der Waals surface area contributed by atoms with Crippen LogP contribution in [0.1, 0.15) is 23.0 Å². The highest BCUT2D eigenvalue weighted by atomic mass is 35.5. The van der Waals surface area contributed by atoms with Crippen LogP contribution in [0.4, 0.5) is 0 Å². The van der Waals surface area contributed by atoms with Gasteiger partial charge in [0.05, 0.1) is 21.4 Å². The minimum Gasteiger partial charge on any atom is -0.493 e. The van der Waals surface area contributed by atoms with E-state index < -0.39 is 0 Å². The van der Waals surface area contributed by atoms with Crippen LogP contribution in [0.25, 0.3) is 5.69 Å². The zero-order valence-corrected chi connectivity index (χ0v) is 11.2. The number of Topliss-reactive ketones (excluding diaryl/α,β-unsaturated/α-hetero) is 1. The van der Waals surface area contributed by atoms with Gasteiger partial charge < -0.3 is 5.11 Å². The van der Waals surface area contributed by atoms with Crippen molar-refractivity contribution in [1.82, 2.24) is 9.78 Å². The van der Waals surface area contributed by atoms with Crippen LogP contribution in [0.15, 0.2) is 18.2 Å². The first-order valence-corrected chi connectivity index (χ1v) is 5.92. The van der Waals surface area contributed by atoms with E-state index in [2.05, 4.69) is 5.10 Å². The Bertz CT molecular complexity index is 635. The molecule has 0 aliphatic rings. The maximum absolute atomic E-state index is 11.4. The van der Waals surface area contributed by atoms with E-state index >= 15 is 0 Å². The summed E-state index contributed by atoms with van der Waals surface area (Å²) in [5, 5.41) is 14.9. The number of aromatic hydroxyl groups is 1. The van der Waals surface area contributed by atoms with Crippen molar-refractivity contribution in [3.63, 3.8) is 0 Å². The molecule has 94 valence electrons. The van der Waals surface area contributed by atoms with E-state index in [0.717, 1.165) is 0 Å². The van der Waals surface area contributed by atoms with Crippen LogP contribution in [-0.4, -0.2) is 20.7 Å². The summed E-state index contributed by atoms with van der Waals surface area (Å²) in [6.07, 6.45) is 0. The predicted molar refractivity (Wildman–Crippen MR) is 70.0 cm³/mol. The molecule has 0 spiro atoms. The molecule has 1 aromatic carbocycles. The summed E-state index contributed by atoms with van der Waals surface area (Å²) in [6.45, 7) is 3.04. The van der Waals surface area contributed by atoms with Crippen LogP contribution >= 0.6 is 23.2 Å². The molecule has 4 nitrogen and oxygen atoms in total. The molecule has 2 rings (SSSR count). The first-order valence-electron chi connectivity index (χ1n) is 5.16. The third-order valence-electron chi connectivity index (χ3n) is 2.54. The average Bonchev–Trinajstić information content (AvgIpc) is 2.58. The molecule has 0 saturated heterocycles. The summed E-state index contributed by atoms with van der Waals surface area (Å²) in [5.41, 5.74) is 1.21. The number of hydrogen-bond acceptors (Lipinski definition) is 3. The fraction of sp³-hybridized carbons (Fsp3) is 0.167. The number of aryl methyl sites for hydroxylation is 1. The third-order valence-corrected chi connectivity index (χ3v) is 3.27. The van der Waals surface area contributed by atoms with Gasteiger partial charge in [-0.2, -0.15) is 5.10 Å². The molecule has 0 bridgehead atoms. The Kier molecular flexibility index (Phi) is 3.32. The van der Waals surface area contributed by atoms with Gasteiger partial charge in [-0.15, -0.1) is 0 Å². The number of carbonyl (C=O) groups excluding carboxylic acids is 1. The Morgan fingerprint density at radius 3 is 2.50 bits per heavy atom. The van der Waals surface area contributed by atoms with Crippen molar-refractivity contribution in [1.29, 1.82) is 0 Å². The highest BCUT2D eigenvalue weighted by Crippen LogP contribution is 2.29. The number of ketones is 1. The molecule has 18 heavy (non-hydrogen) atoms. The number of aromatic nitrogens is 2. The maximum atomic E-state index is 11.4. The highest BCUT2D eigenvalue weighted by molar-refractivity contribution is 6.42. The van der Waals surface area contributed by atoms with Crippen LogP contribution < -0.4 is 0 Å². The Morgan fingerprint density at radius 2 is 2.00 bits per heavy atom. The van der Waals surface area contributed by atoms with Gasteiger partial charge in [0, 0.05) is 0 Å². The van der Waals surface area contributed by atoms with Crippen LogP contribution in [0, 0.1) is 6.92 Å². The summed E-state index contributed by atoms with van der Waals surface area (Å²) in [7, 11) is 0. The molecule has 0 unspecified atom stereocenters. The number of benzene rings is 1. The standard InChI is InChI=1S/C12H10Cl2N2O2/c1-6-11(7(2)17)12(18)16(15-6)8-3-4-9(13)10(14)5-8/h3-5,18H,1-2H3. The van der Waals surface area contributed by atoms with Crippen molar-refractivity contribution in [2.45, 2.75) is 13.8 Å². The molecule has 1 aromatic heterocycles. The maximum Gasteiger partial charge on any atom is 0.225 e. The molecule has 0 fully saturated rings. The Balaban J connectivity index is 2.61. The predicted octanol–water partition coefficient (Wildman–Crippen LogP) is 3.40. The van der Waals surface area contributed by atoms with Crippen molar-refractivity contribution in [2.24, 2.45) is 0 Å². The van der Waals surface area contributed by atoms with Gasteiger partial charge in [-0.25, -0.2) is 4.68 Å². The van der Waals surface area contributed by atoms with E-state index in [-0.39, 0.29) is 17.2 Å². The zero-order valence-electron chi connectivity index (χ0n) is 9.74. The summed E-state index contributed by atoms with van der Waals surface area (Å²) >= 11 is 11.7. The molecule has 1 N–H and O–H groups in total. The molecule has 1 heterocycles. The summed E-state index contributed by atoms with van der Waals surface area (Å²) < 4.78 is 1.26. The zero-order chi connectivity index (χ0) is 13.4. The number of nitrogens with zero attached hydrogens (tertiary/aromatic N) is 2. The first-order chi connectivity index (χ1) is 8.41. The largest absolute Gasteiger partial charge is 0.493 e. The van der Waals surface area contributed by atoms with Gasteiger partial charge in [0.1, 0.15) is 5.56 Å². The summed E-state index contributed by atoms with van der Waals surface area (Å²) in [4.78, 5) is 11.4. The Hall–Kier alpha value is -1.52. The summed E-state index contributed by atoms with van der Waals surface area (Å²) in [6, 6.07) is 4.83. The van der Waals surface area contributed by atoms with Crippen molar-refractivity contribution < 1.29 is 9.90 Å². The van der Waals surface area contributed by atoms with E-state index in [1.807, 2.05) is 0 Å². The number of carbonyl (C=O) groups is 1. The van der Waals surface area contributed by atoms with Gasteiger partial charge >= 0.3 is 0 Å². The van der Waals surface area contributed by atoms with E-state index in [1.165, 1.54) is 11.6 Å². The molecular weight excluding hydrogens is 275 g/mol. The van der Waals surface area contributed by atoms with Crippen molar-refractivity contribution in [3.8, 4) is 11.6 Å². The molecule has 6 heteroatoms. The van der Waals surface area contributed by atoms with E-state index in [1.54, 1.807) is 25.1 Å². The lowest BCUT2D eigenvalue weighted by atomic mass is 10.2. The van der Waals surface area contributed by atoms with E-state index in [4.69, 9.17) is 23.2 Å². The molecular formula is C12H10Cl2N2O2. The molecule has 0 atom stereocenters. The van der Waals surface area contributed by atoms with Gasteiger partial charge in [0.2, 0.25) is 5.88 Å². The van der Waals surface area contributed by atoms with Crippen molar-refractivity contribution >= 4 is 29.0 Å². The number of halogens is 2. The minimum absolute atomic E-state index is 0.196. The Labute approximate surface area is 114 Å². The van der Waals surface area contributed by atoms with E-state index in [9.17, 15) is 9.90 Å². The smallest absolute Gasteiger partial charge is 0.225 e. The lowest BCUT2D eigenvalue weighted by Gasteiger charge is -2.04. The van der Waals surface area contributed by atoms with Gasteiger partial charge in [-0.1, -0.05) is 23.2 Å². The minimum atomic E-state index is -0.240. The molecule has 0 aliphatic carbocycles. The molecule has 0 amide bonds. The molecule has 0 saturated carbocycles. The van der Waals surface area contributed by atoms with Gasteiger partial charge in [0.15, 0.2) is 5.78 Å². The number of hydrogen-bond donors (Lipinski definition) is 1. The second-order valence-corrected chi connectivity index (χ2v) is 4.66. The van der Waals surface area contributed by atoms with Crippen LogP contribution in [0.3, 0.4) is 0 Å². The third kappa shape index (κ3) is 2.09. The van der Waals surface area contributed by atoms with Crippen LogP contribution in [0.5, 0.6) is 5.88 Å². The molecule has 0 aliphatic heterocycles. The van der Waals surface area contributed by atoms with Gasteiger partial charge in [-0.05, 0) is 32.0 Å². The van der Waals surface area contributed by atoms with Crippen LogP contribution in [-0.2, 0) is 0 Å². The quantitative estimate of drug-likeness (QED) is 0.860. The lowest BCUT2D eigenvalue weighted by Crippen LogP contribution is -1.96. The monoisotopic (exact) mass is 284 g/mol. The topological polar surface area (TPSA) is 55.1 Å².